The summed E-state index contributed by atoms with van der Waals surface area (Å²) in [7, 11) is 0. The highest BCUT2D eigenvalue weighted by Crippen LogP contribution is 2.25. The number of unbranched alkanes of at least 4 members (excludes halogenated alkanes) is 1. The van der Waals surface area contributed by atoms with Gasteiger partial charge in [0.05, 0.1) is 0 Å². The van der Waals surface area contributed by atoms with Gasteiger partial charge in [-0.2, -0.15) is 0 Å². The number of hydrogen-bond acceptors (Lipinski definition) is 3. The standard InChI is InChI=1S/C9H14O6/c1-9(7(12)13,8(14)15)5-3-2-4-6(10)11/h2-5H2,1H3,(H,10,11)(H,12,13)(H,14,15). The molecule has 0 aromatic heterocycles. The molecule has 86 valence electrons. The third-order valence-electron chi connectivity index (χ3n) is 2.26. The van der Waals surface area contributed by atoms with E-state index in [0.29, 0.717) is 0 Å². The fourth-order valence-electron chi connectivity index (χ4n) is 1.06. The van der Waals surface area contributed by atoms with E-state index in [2.05, 4.69) is 0 Å². The first-order chi connectivity index (χ1) is 6.80. The first-order valence-corrected chi connectivity index (χ1v) is 4.49. The smallest absolute Gasteiger partial charge is 0.320 e. The second-order valence-electron chi connectivity index (χ2n) is 3.54. The summed E-state index contributed by atoms with van der Waals surface area (Å²) in [6.45, 7) is 1.12. The number of carboxylic acid groups (broad SMARTS) is 3. The third kappa shape index (κ3) is 3.97. The lowest BCUT2D eigenvalue weighted by Crippen LogP contribution is -2.36. The van der Waals surface area contributed by atoms with Gasteiger partial charge in [0.15, 0.2) is 5.41 Å². The molecule has 0 saturated heterocycles. The van der Waals surface area contributed by atoms with E-state index in [1.165, 1.54) is 0 Å². The molecule has 0 saturated carbocycles. The molecule has 0 aromatic carbocycles. The minimum Gasteiger partial charge on any atom is -0.481 e. The molecule has 3 N–H and O–H groups in total. The summed E-state index contributed by atoms with van der Waals surface area (Å²) >= 11 is 0. The van der Waals surface area contributed by atoms with Gasteiger partial charge in [-0.05, 0) is 19.8 Å². The summed E-state index contributed by atoms with van der Waals surface area (Å²) in [5.74, 6) is -3.77. The monoisotopic (exact) mass is 218 g/mol. The summed E-state index contributed by atoms with van der Waals surface area (Å²) < 4.78 is 0. The van der Waals surface area contributed by atoms with Gasteiger partial charge in [-0.25, -0.2) is 0 Å². The summed E-state index contributed by atoms with van der Waals surface area (Å²) in [5.41, 5.74) is -1.82. The first kappa shape index (κ1) is 13.4. The Hall–Kier alpha value is -1.59. The Morgan fingerprint density at radius 2 is 1.47 bits per heavy atom. The van der Waals surface area contributed by atoms with Crippen LogP contribution in [0.5, 0.6) is 0 Å². The van der Waals surface area contributed by atoms with E-state index < -0.39 is 23.3 Å². The Bertz CT molecular complexity index is 256. The van der Waals surface area contributed by atoms with Crippen molar-refractivity contribution in [2.75, 3.05) is 0 Å². The zero-order valence-electron chi connectivity index (χ0n) is 8.39. The Morgan fingerprint density at radius 1 is 1.00 bits per heavy atom. The molecule has 0 atom stereocenters. The summed E-state index contributed by atoms with van der Waals surface area (Å²) in [5, 5.41) is 25.8. The molecule has 0 heterocycles. The average Bonchev–Trinajstić information content (AvgIpc) is 2.10. The molecular weight excluding hydrogens is 204 g/mol. The van der Waals surface area contributed by atoms with Gasteiger partial charge in [-0.3, -0.25) is 14.4 Å². The second kappa shape index (κ2) is 5.33. The van der Waals surface area contributed by atoms with Crippen molar-refractivity contribution in [1.82, 2.24) is 0 Å². The normalized spacial score (nSPS) is 11.0. The van der Waals surface area contributed by atoms with E-state index in [4.69, 9.17) is 15.3 Å². The van der Waals surface area contributed by atoms with E-state index in [1.54, 1.807) is 0 Å². The molecule has 0 unspecified atom stereocenters. The lowest BCUT2D eigenvalue weighted by Gasteiger charge is -2.18. The summed E-state index contributed by atoms with van der Waals surface area (Å²) in [4.78, 5) is 31.5. The number of carbonyl (C=O) groups is 3. The molecule has 0 spiro atoms. The Kier molecular flexibility index (Phi) is 4.77. The van der Waals surface area contributed by atoms with Crippen LogP contribution in [0.25, 0.3) is 0 Å². The molecule has 15 heavy (non-hydrogen) atoms. The predicted molar refractivity (Wildman–Crippen MR) is 49.5 cm³/mol. The zero-order valence-corrected chi connectivity index (χ0v) is 8.39. The molecular formula is C9H14O6. The summed E-state index contributed by atoms with van der Waals surface area (Å²) in [6, 6.07) is 0. The van der Waals surface area contributed by atoms with Crippen LogP contribution in [0.2, 0.25) is 0 Å². The van der Waals surface area contributed by atoms with Crippen LogP contribution >= 0.6 is 0 Å². The highest BCUT2D eigenvalue weighted by molar-refractivity contribution is 5.97. The van der Waals surface area contributed by atoms with Gasteiger partial charge >= 0.3 is 17.9 Å². The third-order valence-corrected chi connectivity index (χ3v) is 2.26. The number of carboxylic acids is 3. The molecule has 0 aromatic rings. The minimum atomic E-state index is -1.82. The van der Waals surface area contributed by atoms with Crippen LogP contribution in [0.4, 0.5) is 0 Å². The van der Waals surface area contributed by atoms with Crippen molar-refractivity contribution >= 4 is 17.9 Å². The van der Waals surface area contributed by atoms with Crippen LogP contribution in [0, 0.1) is 5.41 Å². The van der Waals surface area contributed by atoms with Crippen LogP contribution in [0.15, 0.2) is 0 Å². The zero-order chi connectivity index (χ0) is 12.1. The minimum absolute atomic E-state index is 0.0645. The van der Waals surface area contributed by atoms with Crippen LogP contribution in [0.1, 0.15) is 32.6 Å². The van der Waals surface area contributed by atoms with Crippen LogP contribution in [-0.4, -0.2) is 33.2 Å². The van der Waals surface area contributed by atoms with Gasteiger partial charge in [0.1, 0.15) is 0 Å². The van der Waals surface area contributed by atoms with Gasteiger partial charge in [-0.1, -0.05) is 6.42 Å². The molecule has 0 bridgehead atoms. The van der Waals surface area contributed by atoms with Crippen molar-refractivity contribution < 1.29 is 29.7 Å². The predicted octanol–water partition coefficient (Wildman–Crippen LogP) is 0.807. The quantitative estimate of drug-likeness (QED) is 0.430. The molecule has 0 radical (unpaired) electrons. The van der Waals surface area contributed by atoms with Crippen LogP contribution < -0.4 is 0 Å². The average molecular weight is 218 g/mol. The fraction of sp³-hybridized carbons (Fsp3) is 0.667. The molecule has 0 amide bonds. The SMILES string of the molecule is CC(CCCCC(=O)O)(C(=O)O)C(=O)O. The molecule has 0 aliphatic carbocycles. The molecule has 6 heteroatoms. The number of aliphatic carboxylic acids is 3. The summed E-state index contributed by atoms with van der Waals surface area (Å²) in [6.07, 6.45) is 0.410. The van der Waals surface area contributed by atoms with Gasteiger partial charge < -0.3 is 15.3 Å². The van der Waals surface area contributed by atoms with E-state index in [1.807, 2.05) is 0 Å². The maximum atomic E-state index is 10.7. The van der Waals surface area contributed by atoms with Crippen LogP contribution in [0.3, 0.4) is 0 Å². The maximum Gasteiger partial charge on any atom is 0.320 e. The molecule has 0 aliphatic rings. The van der Waals surface area contributed by atoms with Crippen molar-refractivity contribution in [2.45, 2.75) is 32.6 Å². The van der Waals surface area contributed by atoms with E-state index in [0.717, 1.165) is 6.92 Å². The molecule has 0 rings (SSSR count). The van der Waals surface area contributed by atoms with Gasteiger partial charge in [0.2, 0.25) is 0 Å². The largest absolute Gasteiger partial charge is 0.481 e. The topological polar surface area (TPSA) is 112 Å². The van der Waals surface area contributed by atoms with E-state index >= 15 is 0 Å². The Balaban J connectivity index is 4.15. The highest BCUT2D eigenvalue weighted by Gasteiger charge is 2.40. The first-order valence-electron chi connectivity index (χ1n) is 4.49. The Morgan fingerprint density at radius 3 is 1.80 bits per heavy atom. The van der Waals surface area contributed by atoms with Crippen molar-refractivity contribution in [3.63, 3.8) is 0 Å². The lowest BCUT2D eigenvalue weighted by molar-refractivity contribution is -0.163. The second-order valence-corrected chi connectivity index (χ2v) is 3.54. The van der Waals surface area contributed by atoms with Crippen molar-refractivity contribution in [1.29, 1.82) is 0 Å². The molecule has 0 fully saturated rings. The van der Waals surface area contributed by atoms with Gasteiger partial charge in [0, 0.05) is 6.42 Å². The Labute approximate surface area is 86.5 Å². The molecule has 6 nitrogen and oxygen atoms in total. The molecule has 0 aliphatic heterocycles. The van der Waals surface area contributed by atoms with E-state index in [-0.39, 0.29) is 25.7 Å². The maximum absolute atomic E-state index is 10.7. The lowest BCUT2D eigenvalue weighted by atomic mass is 9.85. The van der Waals surface area contributed by atoms with Gasteiger partial charge in [-0.15, -0.1) is 0 Å². The number of hydrogen-bond donors (Lipinski definition) is 3. The van der Waals surface area contributed by atoms with Crippen molar-refractivity contribution in [2.24, 2.45) is 5.41 Å². The highest BCUT2D eigenvalue weighted by atomic mass is 16.4. The fourth-order valence-corrected chi connectivity index (χ4v) is 1.06. The number of rotatable bonds is 7. The van der Waals surface area contributed by atoms with E-state index in [9.17, 15) is 14.4 Å². The van der Waals surface area contributed by atoms with Crippen molar-refractivity contribution in [3.8, 4) is 0 Å². The van der Waals surface area contributed by atoms with Crippen LogP contribution in [-0.2, 0) is 14.4 Å². The van der Waals surface area contributed by atoms with Gasteiger partial charge in [0.25, 0.3) is 0 Å². The van der Waals surface area contributed by atoms with Crippen molar-refractivity contribution in [3.05, 3.63) is 0 Å².